The smallest absolute Gasteiger partial charge is 0.128 e. The molecule has 1 aromatic rings. The Balaban J connectivity index is 2.13. The third-order valence-electron chi connectivity index (χ3n) is 6.68. The van der Waals surface area contributed by atoms with E-state index in [0.29, 0.717) is 6.42 Å². The summed E-state index contributed by atoms with van der Waals surface area (Å²) in [6.07, 6.45) is 30.7. The number of rotatable bonds is 23. The van der Waals surface area contributed by atoms with Crippen LogP contribution in [0.25, 0.3) is 0 Å². The minimum atomic E-state index is 0.705. The molecule has 0 aromatic carbocycles. The van der Waals surface area contributed by atoms with E-state index >= 15 is 0 Å². The predicted molar refractivity (Wildman–Crippen MR) is 142 cm³/mol. The van der Waals surface area contributed by atoms with Crippen molar-refractivity contribution in [1.29, 1.82) is 0 Å². The fourth-order valence-corrected chi connectivity index (χ4v) is 4.57. The van der Waals surface area contributed by atoms with Crippen molar-refractivity contribution < 1.29 is 0 Å². The molecule has 0 aliphatic carbocycles. The summed E-state index contributed by atoms with van der Waals surface area (Å²) in [5, 5.41) is 0. The average molecular weight is 444 g/mol. The Labute approximate surface area is 201 Å². The topological polar surface area (TPSA) is 25.8 Å². The van der Waals surface area contributed by atoms with Crippen LogP contribution >= 0.6 is 0 Å². The van der Waals surface area contributed by atoms with E-state index in [1.165, 1.54) is 140 Å². The summed E-state index contributed by atoms with van der Waals surface area (Å²) >= 11 is 0. The summed E-state index contributed by atoms with van der Waals surface area (Å²) in [5.74, 6) is 0.941. The Morgan fingerprint density at radius 3 is 1.12 bits per heavy atom. The number of hydrogen-bond acceptors (Lipinski definition) is 2. The Bertz CT molecular complexity index is 483. The highest BCUT2D eigenvalue weighted by atomic mass is 14.9. The molecule has 1 heterocycles. The molecule has 32 heavy (non-hydrogen) atoms. The third-order valence-corrected chi connectivity index (χ3v) is 6.68. The van der Waals surface area contributed by atoms with E-state index in [1.54, 1.807) is 0 Å². The molecule has 0 unspecified atom stereocenters. The van der Waals surface area contributed by atoms with Crippen molar-refractivity contribution in [3.05, 3.63) is 30.2 Å². The lowest BCUT2D eigenvalue weighted by Gasteiger charge is -2.08. The summed E-state index contributed by atoms with van der Waals surface area (Å²) < 4.78 is 0. The Morgan fingerprint density at radius 1 is 0.500 bits per heavy atom. The van der Waals surface area contributed by atoms with Crippen molar-refractivity contribution in [3.8, 4) is 0 Å². The molecule has 0 fully saturated rings. The highest BCUT2D eigenvalue weighted by Gasteiger charge is 2.05. The highest BCUT2D eigenvalue weighted by molar-refractivity contribution is 5.12. The first-order chi connectivity index (χ1) is 15.8. The van der Waals surface area contributed by atoms with E-state index in [4.69, 9.17) is 9.97 Å². The predicted octanol–water partition coefficient (Wildman–Crippen LogP) is 9.78. The molecule has 0 spiro atoms. The molecule has 0 atom stereocenters. The van der Waals surface area contributed by atoms with Gasteiger partial charge >= 0.3 is 0 Å². The number of aromatic nitrogens is 2. The van der Waals surface area contributed by atoms with Gasteiger partial charge in [-0.25, -0.2) is 9.97 Å². The zero-order valence-corrected chi connectivity index (χ0v) is 21.9. The Kier molecular flexibility index (Phi) is 19.9. The first kappa shape index (κ1) is 29.1. The molecule has 1 radical (unpaired) electrons. The van der Waals surface area contributed by atoms with Crippen molar-refractivity contribution >= 4 is 0 Å². The van der Waals surface area contributed by atoms with E-state index in [2.05, 4.69) is 26.8 Å². The van der Waals surface area contributed by atoms with Crippen molar-refractivity contribution in [2.45, 2.75) is 162 Å². The molecule has 2 heteroatoms. The van der Waals surface area contributed by atoms with Crippen molar-refractivity contribution in [2.24, 2.45) is 0 Å². The van der Waals surface area contributed by atoms with Gasteiger partial charge in [0.05, 0.1) is 0 Å². The molecule has 0 bridgehead atoms. The minimum absolute atomic E-state index is 0.705. The largest absolute Gasteiger partial charge is 0.238 e. The van der Waals surface area contributed by atoms with Crippen LogP contribution < -0.4 is 0 Å². The molecule has 0 aliphatic heterocycles. The summed E-state index contributed by atoms with van der Waals surface area (Å²) in [4.78, 5) is 9.51. The maximum atomic E-state index is 4.75. The number of unbranched alkanes of at least 4 members (excludes halogenated alkanes) is 18. The normalized spacial score (nSPS) is 11.3. The van der Waals surface area contributed by atoms with Crippen LogP contribution in [0, 0.1) is 6.92 Å². The van der Waals surface area contributed by atoms with Crippen LogP contribution in [0.15, 0.2) is 6.07 Å². The zero-order valence-electron chi connectivity index (χ0n) is 21.9. The van der Waals surface area contributed by atoms with Crippen molar-refractivity contribution in [2.75, 3.05) is 0 Å². The Morgan fingerprint density at radius 2 is 0.812 bits per heavy atom. The van der Waals surface area contributed by atoms with E-state index in [0.717, 1.165) is 18.7 Å². The second-order valence-corrected chi connectivity index (χ2v) is 9.88. The summed E-state index contributed by atoms with van der Waals surface area (Å²) in [6, 6.07) is 2.28. The van der Waals surface area contributed by atoms with Gasteiger partial charge in [-0.05, 0) is 38.7 Å². The van der Waals surface area contributed by atoms with Crippen molar-refractivity contribution in [3.63, 3.8) is 0 Å². The standard InChI is InChI=1S/C30H55N2/c1-4-7-9-11-13-15-17-19-21-23-25-28-27-29(32-30(6-3)31-28)26-24-22-20-18-16-14-12-10-8-5-2/h27H,3-26H2,1-2H3. The molecule has 0 aliphatic rings. The van der Waals surface area contributed by atoms with E-state index < -0.39 is 0 Å². The second-order valence-electron chi connectivity index (χ2n) is 9.88. The third kappa shape index (κ3) is 16.7. The maximum Gasteiger partial charge on any atom is 0.128 e. The number of aryl methyl sites for hydroxylation is 2. The van der Waals surface area contributed by atoms with Crippen molar-refractivity contribution in [1.82, 2.24) is 9.97 Å². The van der Waals surface area contributed by atoms with Gasteiger partial charge in [0.1, 0.15) is 5.82 Å². The van der Waals surface area contributed by atoms with Gasteiger partial charge < -0.3 is 0 Å². The highest BCUT2D eigenvalue weighted by Crippen LogP contribution is 2.15. The number of nitrogens with zero attached hydrogens (tertiary/aromatic N) is 2. The molecule has 2 nitrogen and oxygen atoms in total. The lowest BCUT2D eigenvalue weighted by atomic mass is 10.0. The SMILES string of the molecule is [CH2]Cc1nc(CCCCCCCCCCCC)cc(CCCCCCCCCCCC)n1. The fraction of sp³-hybridized carbons (Fsp3) is 0.833. The van der Waals surface area contributed by atoms with Crippen LogP contribution in [-0.2, 0) is 19.3 Å². The average Bonchev–Trinajstić information content (AvgIpc) is 2.81. The lowest BCUT2D eigenvalue weighted by molar-refractivity contribution is 0.553. The summed E-state index contributed by atoms with van der Waals surface area (Å²) in [6.45, 7) is 8.61. The molecule has 185 valence electrons. The minimum Gasteiger partial charge on any atom is -0.238 e. The molecule has 0 N–H and O–H groups in total. The van der Waals surface area contributed by atoms with Crippen LogP contribution in [0.2, 0.25) is 0 Å². The molecule has 0 saturated carbocycles. The van der Waals surface area contributed by atoms with Crippen LogP contribution in [0.1, 0.15) is 159 Å². The zero-order chi connectivity index (χ0) is 23.1. The molecule has 1 aromatic heterocycles. The van der Waals surface area contributed by atoms with Gasteiger partial charge in [0.15, 0.2) is 0 Å². The summed E-state index contributed by atoms with van der Waals surface area (Å²) in [7, 11) is 0. The first-order valence-electron chi connectivity index (χ1n) is 14.4. The van der Waals surface area contributed by atoms with Gasteiger partial charge in [-0.3, -0.25) is 0 Å². The van der Waals surface area contributed by atoms with Gasteiger partial charge in [0, 0.05) is 17.8 Å². The van der Waals surface area contributed by atoms with Gasteiger partial charge in [-0.2, -0.15) is 0 Å². The van der Waals surface area contributed by atoms with E-state index in [-0.39, 0.29) is 0 Å². The molecule has 1 rings (SSSR count). The van der Waals surface area contributed by atoms with Crippen LogP contribution in [0.3, 0.4) is 0 Å². The Hall–Kier alpha value is -0.920. The molecule has 0 saturated heterocycles. The van der Waals surface area contributed by atoms with Crippen LogP contribution in [0.5, 0.6) is 0 Å². The second kappa shape index (κ2) is 21.9. The van der Waals surface area contributed by atoms with E-state index in [9.17, 15) is 0 Å². The molecular formula is C30H55N2. The fourth-order valence-electron chi connectivity index (χ4n) is 4.57. The first-order valence-corrected chi connectivity index (χ1v) is 14.4. The number of hydrogen-bond donors (Lipinski definition) is 0. The maximum absolute atomic E-state index is 4.75. The molecule has 0 amide bonds. The van der Waals surface area contributed by atoms with Gasteiger partial charge in [0.25, 0.3) is 0 Å². The van der Waals surface area contributed by atoms with Crippen LogP contribution in [-0.4, -0.2) is 9.97 Å². The monoisotopic (exact) mass is 443 g/mol. The summed E-state index contributed by atoms with van der Waals surface area (Å²) in [5.41, 5.74) is 2.50. The van der Waals surface area contributed by atoms with Crippen LogP contribution in [0.4, 0.5) is 0 Å². The quantitative estimate of drug-likeness (QED) is 0.157. The van der Waals surface area contributed by atoms with Gasteiger partial charge in [0.2, 0.25) is 0 Å². The van der Waals surface area contributed by atoms with E-state index in [1.807, 2.05) is 0 Å². The van der Waals surface area contributed by atoms with Gasteiger partial charge in [-0.15, -0.1) is 0 Å². The van der Waals surface area contributed by atoms with Gasteiger partial charge in [-0.1, -0.05) is 129 Å². The lowest BCUT2D eigenvalue weighted by Crippen LogP contribution is -2.03. The molecular weight excluding hydrogens is 388 g/mol.